The fraction of sp³-hybridized carbons (Fsp3) is 0. The molecule has 5 nitrogen and oxygen atoms in total. The zero-order valence-electron chi connectivity index (χ0n) is 8.21. The van der Waals surface area contributed by atoms with Crippen molar-refractivity contribution in [2.45, 2.75) is 0 Å². The molecule has 5 heteroatoms. The minimum atomic E-state index is -1.05. The van der Waals surface area contributed by atoms with Gasteiger partial charge in [-0.05, 0) is 17.7 Å². The molecular formula is C11H8N2O3. The number of aromatic hydroxyl groups is 1. The first-order chi connectivity index (χ1) is 7.52. The van der Waals surface area contributed by atoms with Crippen molar-refractivity contribution in [2.75, 3.05) is 0 Å². The van der Waals surface area contributed by atoms with Gasteiger partial charge in [0.25, 0.3) is 0 Å². The van der Waals surface area contributed by atoms with Crippen LogP contribution >= 0.6 is 0 Å². The van der Waals surface area contributed by atoms with Gasteiger partial charge in [-0.15, -0.1) is 0 Å². The zero-order chi connectivity index (χ0) is 12.6. The molecular weight excluding hydrogens is 208 g/mol. The number of nitriles is 2. The van der Waals surface area contributed by atoms with E-state index in [9.17, 15) is 4.79 Å². The molecule has 0 heterocycles. The maximum atomic E-state index is 10.4. The molecule has 0 atom stereocenters. The quantitative estimate of drug-likeness (QED) is 0.729. The third-order valence-electron chi connectivity index (χ3n) is 1.52. The van der Waals surface area contributed by atoms with E-state index in [4.69, 9.17) is 20.7 Å². The molecule has 1 rings (SSSR count). The highest BCUT2D eigenvalue weighted by atomic mass is 16.4. The van der Waals surface area contributed by atoms with Gasteiger partial charge in [0.15, 0.2) is 12.1 Å². The van der Waals surface area contributed by atoms with Gasteiger partial charge in [-0.3, -0.25) is 0 Å². The number of carboxylic acids is 1. The van der Waals surface area contributed by atoms with Gasteiger partial charge in [0.1, 0.15) is 5.75 Å². The summed E-state index contributed by atoms with van der Waals surface area (Å²) >= 11 is 0. The maximum Gasteiger partial charge on any atom is 0.335 e. The molecule has 16 heavy (non-hydrogen) atoms. The Morgan fingerprint density at radius 1 is 1.19 bits per heavy atom. The van der Waals surface area contributed by atoms with Crippen molar-refractivity contribution >= 4 is 11.5 Å². The van der Waals surface area contributed by atoms with E-state index in [1.165, 1.54) is 36.4 Å². The van der Waals surface area contributed by atoms with Gasteiger partial charge in [0.2, 0.25) is 0 Å². The van der Waals surface area contributed by atoms with E-state index in [0.29, 0.717) is 5.56 Å². The third kappa shape index (κ3) is 4.45. The normalized spacial score (nSPS) is 7.62. The smallest absolute Gasteiger partial charge is 0.335 e. The lowest BCUT2D eigenvalue weighted by Crippen LogP contribution is -1.97. The van der Waals surface area contributed by atoms with Gasteiger partial charge >= 0.3 is 5.97 Å². The van der Waals surface area contributed by atoms with Crippen molar-refractivity contribution in [1.82, 2.24) is 0 Å². The van der Waals surface area contributed by atoms with Gasteiger partial charge in [-0.1, -0.05) is 18.7 Å². The Morgan fingerprint density at radius 3 is 1.94 bits per heavy atom. The predicted octanol–water partition coefficient (Wildman–Crippen LogP) is 1.52. The largest absolute Gasteiger partial charge is 0.508 e. The van der Waals surface area contributed by atoms with Gasteiger partial charge in [0.05, 0.1) is 5.57 Å². The first-order valence-corrected chi connectivity index (χ1v) is 4.02. The lowest BCUT2D eigenvalue weighted by atomic mass is 10.1. The van der Waals surface area contributed by atoms with Crippen molar-refractivity contribution in [1.29, 1.82) is 10.5 Å². The fourth-order valence-electron chi connectivity index (χ4n) is 0.786. The van der Waals surface area contributed by atoms with E-state index in [-0.39, 0.29) is 11.3 Å². The average Bonchev–Trinajstić information content (AvgIpc) is 2.29. The van der Waals surface area contributed by atoms with Crippen LogP contribution in [0.15, 0.2) is 30.8 Å². The highest BCUT2D eigenvalue weighted by Gasteiger charge is 2.05. The minimum absolute atomic E-state index is 0.0231. The molecule has 0 saturated carbocycles. The van der Waals surface area contributed by atoms with E-state index in [2.05, 4.69) is 6.58 Å². The van der Waals surface area contributed by atoms with Crippen LogP contribution in [0.25, 0.3) is 5.57 Å². The first-order valence-electron chi connectivity index (χ1n) is 4.02. The number of phenols is 1. The van der Waals surface area contributed by atoms with E-state index in [0.717, 1.165) is 0 Å². The van der Waals surface area contributed by atoms with Gasteiger partial charge in [-0.25, -0.2) is 4.79 Å². The van der Waals surface area contributed by atoms with E-state index >= 15 is 0 Å². The van der Waals surface area contributed by atoms with Gasteiger partial charge in [-0.2, -0.15) is 10.5 Å². The highest BCUT2D eigenvalue weighted by Crippen LogP contribution is 2.16. The van der Waals surface area contributed by atoms with Crippen molar-refractivity contribution in [2.24, 2.45) is 0 Å². The van der Waals surface area contributed by atoms with Crippen molar-refractivity contribution in [3.05, 3.63) is 36.4 Å². The van der Waals surface area contributed by atoms with E-state index in [1.807, 2.05) is 0 Å². The summed E-state index contributed by atoms with van der Waals surface area (Å²) in [7, 11) is 0. The van der Waals surface area contributed by atoms with Crippen LogP contribution in [0.5, 0.6) is 5.75 Å². The second-order valence-electron chi connectivity index (χ2n) is 2.55. The molecule has 0 spiro atoms. The number of nitrogens with zero attached hydrogens (tertiary/aromatic N) is 2. The fourth-order valence-corrected chi connectivity index (χ4v) is 0.786. The average molecular weight is 216 g/mol. The van der Waals surface area contributed by atoms with Crippen LogP contribution in [0.3, 0.4) is 0 Å². The standard InChI is InChI=1S/C9H8O3.C2N2/c1-6(9(11)12)7-2-4-8(10)5-3-7;3-1-2-4/h2-5,10H,1H2,(H,11,12);. The molecule has 1 aromatic carbocycles. The Bertz CT molecular complexity index is 451. The summed E-state index contributed by atoms with van der Waals surface area (Å²) in [5, 5.41) is 32.0. The minimum Gasteiger partial charge on any atom is -0.508 e. The van der Waals surface area contributed by atoms with Crippen LogP contribution < -0.4 is 0 Å². The summed E-state index contributed by atoms with van der Waals surface area (Å²) in [5.74, 6) is -0.947. The van der Waals surface area contributed by atoms with E-state index in [1.54, 1.807) is 0 Å². The molecule has 2 N–H and O–H groups in total. The number of aliphatic carboxylic acids is 1. The molecule has 0 aliphatic heterocycles. The summed E-state index contributed by atoms with van der Waals surface area (Å²) in [6.45, 7) is 3.37. The van der Waals surface area contributed by atoms with Crippen LogP contribution in [0.2, 0.25) is 0 Å². The Balaban J connectivity index is 0.000000487. The van der Waals surface area contributed by atoms with Gasteiger partial charge in [0, 0.05) is 0 Å². The summed E-state index contributed by atoms with van der Waals surface area (Å²) < 4.78 is 0. The van der Waals surface area contributed by atoms with Crippen molar-refractivity contribution in [3.63, 3.8) is 0 Å². The number of phenolic OH excluding ortho intramolecular Hbond substituents is 1. The van der Waals surface area contributed by atoms with Crippen molar-refractivity contribution in [3.8, 4) is 17.9 Å². The number of rotatable bonds is 2. The Kier molecular flexibility index (Phi) is 5.48. The lowest BCUT2D eigenvalue weighted by molar-refractivity contribution is -0.130. The van der Waals surface area contributed by atoms with Gasteiger partial charge < -0.3 is 10.2 Å². The molecule has 80 valence electrons. The monoisotopic (exact) mass is 216 g/mol. The molecule has 0 aliphatic rings. The predicted molar refractivity (Wildman–Crippen MR) is 56.0 cm³/mol. The number of carbonyl (C=O) groups is 1. The number of benzene rings is 1. The maximum absolute atomic E-state index is 10.4. The topological polar surface area (TPSA) is 105 Å². The SMILES string of the molecule is C=C(C(=O)O)c1ccc(O)cc1.N#CC#N. The summed E-state index contributed by atoms with van der Waals surface area (Å²) in [6, 6.07) is 8.32. The molecule has 0 radical (unpaired) electrons. The summed E-state index contributed by atoms with van der Waals surface area (Å²) in [6.07, 6.45) is 0. The van der Waals surface area contributed by atoms with Crippen LogP contribution in [-0.4, -0.2) is 16.2 Å². The number of carboxylic acid groups (broad SMARTS) is 1. The van der Waals surface area contributed by atoms with Crippen LogP contribution in [0.1, 0.15) is 5.56 Å². The van der Waals surface area contributed by atoms with Crippen LogP contribution in [0, 0.1) is 22.7 Å². The van der Waals surface area contributed by atoms with E-state index < -0.39 is 5.97 Å². The molecule has 0 aliphatic carbocycles. The Labute approximate surface area is 92.1 Å². The van der Waals surface area contributed by atoms with Crippen LogP contribution in [-0.2, 0) is 4.79 Å². The first kappa shape index (κ1) is 13.2. The molecule has 0 aromatic heterocycles. The second-order valence-corrected chi connectivity index (χ2v) is 2.55. The molecule has 1 aromatic rings. The highest BCUT2D eigenvalue weighted by molar-refractivity contribution is 6.14. The number of hydrogen-bond donors (Lipinski definition) is 2. The third-order valence-corrected chi connectivity index (χ3v) is 1.52. The number of hydrogen-bond acceptors (Lipinski definition) is 4. The Hall–Kier alpha value is -2.79. The Morgan fingerprint density at radius 2 is 1.62 bits per heavy atom. The second kappa shape index (κ2) is 6.63. The van der Waals surface area contributed by atoms with Crippen molar-refractivity contribution < 1.29 is 15.0 Å². The lowest BCUT2D eigenvalue weighted by Gasteiger charge is -1.99. The summed E-state index contributed by atoms with van der Waals surface area (Å²) in [5.41, 5.74) is 0.523. The molecule has 0 saturated heterocycles. The zero-order valence-corrected chi connectivity index (χ0v) is 8.21. The summed E-state index contributed by atoms with van der Waals surface area (Å²) in [4.78, 5) is 10.4. The molecule has 0 bridgehead atoms. The molecule has 0 amide bonds. The molecule has 0 unspecified atom stereocenters. The molecule has 0 fully saturated rings. The van der Waals surface area contributed by atoms with Crippen LogP contribution in [0.4, 0.5) is 0 Å².